The number of aryl methyl sites for hydroxylation is 3. The summed E-state index contributed by atoms with van der Waals surface area (Å²) in [6, 6.07) is 6.62. The number of nitrogens with zero attached hydrogens (tertiary/aromatic N) is 6. The minimum atomic E-state index is -0.0628. The van der Waals surface area contributed by atoms with Crippen molar-refractivity contribution < 1.29 is 9.47 Å². The van der Waals surface area contributed by atoms with E-state index in [1.165, 1.54) is 0 Å². The molecule has 2 bridgehead atoms. The van der Waals surface area contributed by atoms with Crippen LogP contribution in [0.2, 0.25) is 0 Å². The maximum Gasteiger partial charge on any atom is 0.240 e. The highest BCUT2D eigenvalue weighted by molar-refractivity contribution is 5.93. The van der Waals surface area contributed by atoms with Gasteiger partial charge in [0.2, 0.25) is 11.8 Å². The van der Waals surface area contributed by atoms with Gasteiger partial charge in [-0.1, -0.05) is 13.0 Å². The van der Waals surface area contributed by atoms with Crippen molar-refractivity contribution in [1.82, 2.24) is 34.7 Å². The van der Waals surface area contributed by atoms with Crippen LogP contribution in [0.1, 0.15) is 70.6 Å². The summed E-state index contributed by atoms with van der Waals surface area (Å²) in [5.74, 6) is 1.45. The summed E-state index contributed by atoms with van der Waals surface area (Å²) in [7, 11) is 1.95. The summed E-state index contributed by atoms with van der Waals surface area (Å²) in [4.78, 5) is 2.45. The van der Waals surface area contributed by atoms with E-state index in [1.807, 2.05) is 32.5 Å². The molecule has 0 unspecified atom stereocenters. The maximum absolute atomic E-state index is 6.65. The summed E-state index contributed by atoms with van der Waals surface area (Å²) in [6.07, 6.45) is 5.16. The Kier molecular flexibility index (Phi) is 7.53. The van der Waals surface area contributed by atoms with Crippen LogP contribution in [0, 0.1) is 6.92 Å². The molecule has 0 radical (unpaired) electrons. The lowest BCUT2D eigenvalue weighted by molar-refractivity contribution is 0.110. The SMILES string of the molecule is CCCn1nc(OC(C)C)c2c1CN(C(C)C)C[C@@H](C)Oc1c(c(C)nn1C)-c1ccc3n[nH]c(c3c1)/C=C/2. The van der Waals surface area contributed by atoms with Crippen molar-refractivity contribution in [3.63, 3.8) is 0 Å². The number of benzene rings is 1. The summed E-state index contributed by atoms with van der Waals surface area (Å²) in [5.41, 5.74) is 7.00. The van der Waals surface area contributed by atoms with Gasteiger partial charge in [0, 0.05) is 38.1 Å². The smallest absolute Gasteiger partial charge is 0.240 e. The first-order chi connectivity index (χ1) is 18.7. The van der Waals surface area contributed by atoms with E-state index in [4.69, 9.17) is 19.7 Å². The number of hydrogen-bond acceptors (Lipinski definition) is 6. The van der Waals surface area contributed by atoms with Crippen LogP contribution in [0.4, 0.5) is 0 Å². The Labute approximate surface area is 230 Å². The summed E-state index contributed by atoms with van der Waals surface area (Å²) in [5, 5.41) is 18.5. The highest BCUT2D eigenvalue weighted by Crippen LogP contribution is 2.36. The molecule has 0 saturated heterocycles. The van der Waals surface area contributed by atoms with Crippen molar-refractivity contribution >= 4 is 23.1 Å². The van der Waals surface area contributed by atoms with Crippen molar-refractivity contribution in [3.8, 4) is 22.9 Å². The van der Waals surface area contributed by atoms with Crippen LogP contribution in [0.3, 0.4) is 0 Å². The van der Waals surface area contributed by atoms with E-state index in [9.17, 15) is 0 Å². The Balaban J connectivity index is 1.73. The lowest BCUT2D eigenvalue weighted by atomic mass is 10.0. The van der Waals surface area contributed by atoms with Crippen molar-refractivity contribution in [2.75, 3.05) is 6.54 Å². The predicted molar refractivity (Wildman–Crippen MR) is 156 cm³/mol. The number of hydrogen-bond donors (Lipinski definition) is 1. The molecular weight excluding hydrogens is 490 g/mol. The van der Waals surface area contributed by atoms with E-state index in [2.05, 4.69) is 77.8 Å². The fourth-order valence-electron chi connectivity index (χ4n) is 5.32. The zero-order valence-corrected chi connectivity index (χ0v) is 24.4. The van der Waals surface area contributed by atoms with Crippen LogP contribution in [0.15, 0.2) is 18.2 Å². The number of nitrogens with one attached hydrogen (secondary N) is 1. The quantitative estimate of drug-likeness (QED) is 0.349. The molecule has 1 N–H and O–H groups in total. The number of fused-ring (bicyclic) bond motifs is 4. The second kappa shape index (κ2) is 10.9. The first-order valence-corrected chi connectivity index (χ1v) is 14.0. The van der Waals surface area contributed by atoms with Gasteiger partial charge in [0.15, 0.2) is 0 Å². The molecule has 0 amide bonds. The average molecular weight is 532 g/mol. The van der Waals surface area contributed by atoms with Crippen molar-refractivity contribution in [2.24, 2.45) is 7.05 Å². The molecule has 1 atom stereocenters. The molecule has 3 aromatic heterocycles. The van der Waals surface area contributed by atoms with Crippen LogP contribution in [-0.2, 0) is 20.1 Å². The van der Waals surface area contributed by atoms with Gasteiger partial charge in [0.05, 0.1) is 39.8 Å². The normalized spacial score (nSPS) is 17.2. The molecule has 208 valence electrons. The van der Waals surface area contributed by atoms with Gasteiger partial charge in [-0.05, 0) is 77.8 Å². The molecule has 4 aromatic rings. The summed E-state index contributed by atoms with van der Waals surface area (Å²) in [6.45, 7) is 17.2. The van der Waals surface area contributed by atoms with Crippen LogP contribution in [0.25, 0.3) is 34.2 Å². The average Bonchev–Trinajstić information content (AvgIpc) is 3.50. The van der Waals surface area contributed by atoms with Crippen LogP contribution in [-0.4, -0.2) is 59.5 Å². The molecule has 0 saturated carbocycles. The van der Waals surface area contributed by atoms with Gasteiger partial charge < -0.3 is 9.47 Å². The van der Waals surface area contributed by atoms with Crippen LogP contribution >= 0.6 is 0 Å². The number of ether oxygens (including phenoxy) is 2. The number of aromatic nitrogens is 6. The lowest BCUT2D eigenvalue weighted by Crippen LogP contribution is -2.39. The Hall–Kier alpha value is -3.59. The zero-order chi connectivity index (χ0) is 27.8. The molecule has 1 aromatic carbocycles. The largest absolute Gasteiger partial charge is 0.473 e. The van der Waals surface area contributed by atoms with Crippen molar-refractivity contribution in [1.29, 1.82) is 0 Å². The van der Waals surface area contributed by atoms with E-state index in [-0.39, 0.29) is 12.2 Å². The Bertz CT molecular complexity index is 1490. The van der Waals surface area contributed by atoms with E-state index in [0.29, 0.717) is 11.9 Å². The van der Waals surface area contributed by atoms with Gasteiger partial charge in [-0.15, -0.1) is 5.10 Å². The molecular formula is C30H41N7O2. The highest BCUT2D eigenvalue weighted by atomic mass is 16.5. The molecule has 9 nitrogen and oxygen atoms in total. The lowest BCUT2D eigenvalue weighted by Gasteiger charge is -2.30. The van der Waals surface area contributed by atoms with E-state index in [1.54, 1.807) is 0 Å². The molecule has 4 heterocycles. The van der Waals surface area contributed by atoms with E-state index < -0.39 is 0 Å². The molecule has 1 aliphatic rings. The second-order valence-electron chi connectivity index (χ2n) is 11.1. The fourth-order valence-corrected chi connectivity index (χ4v) is 5.32. The predicted octanol–water partition coefficient (Wildman–Crippen LogP) is 5.83. The molecule has 39 heavy (non-hydrogen) atoms. The third-order valence-corrected chi connectivity index (χ3v) is 7.19. The fraction of sp³-hybridized carbons (Fsp3) is 0.500. The van der Waals surface area contributed by atoms with Gasteiger partial charge in [-0.25, -0.2) is 4.68 Å². The van der Waals surface area contributed by atoms with Gasteiger partial charge in [-0.2, -0.15) is 10.2 Å². The first-order valence-electron chi connectivity index (χ1n) is 14.0. The van der Waals surface area contributed by atoms with E-state index >= 15 is 0 Å². The van der Waals surface area contributed by atoms with Crippen molar-refractivity contribution in [2.45, 2.75) is 86.2 Å². The maximum atomic E-state index is 6.65. The Morgan fingerprint density at radius 2 is 1.95 bits per heavy atom. The third kappa shape index (κ3) is 5.32. The molecule has 0 fully saturated rings. The standard InChI is InChI=1S/C30H41N7O2/c1-9-14-37-27-17-36(18(2)3)16-20(6)39-30-28(21(7)33-35(30)8)22-10-12-25-24(15-22)26(32-31-25)13-11-23(27)29(34-37)38-19(4)5/h10-13,15,18-20H,9,14,16-17H2,1-8H3,(H,31,32)/b13-11+/t20-/m1/s1. The topological polar surface area (TPSA) is 86.0 Å². The Morgan fingerprint density at radius 1 is 1.15 bits per heavy atom. The summed E-state index contributed by atoms with van der Waals surface area (Å²) < 4.78 is 16.9. The molecule has 5 rings (SSSR count). The Morgan fingerprint density at radius 3 is 2.67 bits per heavy atom. The van der Waals surface area contributed by atoms with Crippen LogP contribution in [0.5, 0.6) is 11.8 Å². The van der Waals surface area contributed by atoms with Crippen molar-refractivity contribution in [3.05, 3.63) is 40.8 Å². The van der Waals surface area contributed by atoms with Gasteiger partial charge in [0.25, 0.3) is 0 Å². The van der Waals surface area contributed by atoms with E-state index in [0.717, 1.165) is 76.6 Å². The minimum Gasteiger partial charge on any atom is -0.473 e. The minimum absolute atomic E-state index is 0.0182. The third-order valence-electron chi connectivity index (χ3n) is 7.19. The first kappa shape index (κ1) is 27.0. The highest BCUT2D eigenvalue weighted by Gasteiger charge is 2.25. The van der Waals surface area contributed by atoms with Gasteiger partial charge in [0.1, 0.15) is 6.10 Å². The van der Waals surface area contributed by atoms with Gasteiger partial charge in [-0.3, -0.25) is 14.7 Å². The molecule has 0 spiro atoms. The second-order valence-corrected chi connectivity index (χ2v) is 11.1. The molecule has 9 heteroatoms. The zero-order valence-electron chi connectivity index (χ0n) is 24.4. The number of rotatable bonds is 5. The van der Waals surface area contributed by atoms with Crippen LogP contribution < -0.4 is 9.47 Å². The number of aromatic amines is 1. The van der Waals surface area contributed by atoms with Gasteiger partial charge >= 0.3 is 0 Å². The molecule has 0 aliphatic carbocycles. The monoisotopic (exact) mass is 531 g/mol. The molecule has 1 aliphatic heterocycles. The number of H-pyrrole nitrogens is 1. The summed E-state index contributed by atoms with van der Waals surface area (Å²) >= 11 is 0.